The molecule has 0 amide bonds. The zero-order valence-electron chi connectivity index (χ0n) is 12.9. The summed E-state index contributed by atoms with van der Waals surface area (Å²) in [5.41, 5.74) is 0.0286. The van der Waals surface area contributed by atoms with Gasteiger partial charge in [0.1, 0.15) is 12.1 Å². The van der Waals surface area contributed by atoms with Crippen molar-refractivity contribution in [2.24, 2.45) is 4.99 Å². The summed E-state index contributed by atoms with van der Waals surface area (Å²) in [7, 11) is 0. The Morgan fingerprint density at radius 3 is 2.60 bits per heavy atom. The Labute approximate surface area is 141 Å². The van der Waals surface area contributed by atoms with Crippen molar-refractivity contribution >= 4 is 22.9 Å². The molecule has 0 saturated carbocycles. The number of pyridine rings is 2. The molecular formula is C17H12N6O2. The number of hydrogen-bond donors (Lipinski definition) is 2. The zero-order chi connectivity index (χ0) is 17.2. The number of aliphatic imine (C=N–C) groups is 1. The highest BCUT2D eigenvalue weighted by Gasteiger charge is 2.16. The topological polar surface area (TPSA) is 109 Å². The second-order valence-electron chi connectivity index (χ2n) is 5.18. The van der Waals surface area contributed by atoms with Gasteiger partial charge in [0.25, 0.3) is 5.56 Å². The molecule has 8 nitrogen and oxygen atoms in total. The summed E-state index contributed by atoms with van der Waals surface area (Å²) in [4.78, 5) is 25.1. The largest absolute Gasteiger partial charge is 0.494 e. The molecule has 0 aliphatic rings. The number of benzene rings is 1. The van der Waals surface area contributed by atoms with Crippen LogP contribution in [-0.4, -0.2) is 36.1 Å². The molecule has 1 aromatic carbocycles. The molecule has 0 atom stereocenters. The molecule has 0 spiro atoms. The van der Waals surface area contributed by atoms with E-state index in [0.29, 0.717) is 28.1 Å². The van der Waals surface area contributed by atoms with Crippen LogP contribution in [0.4, 0.5) is 5.95 Å². The lowest BCUT2D eigenvalue weighted by Crippen LogP contribution is -2.20. The average molecular weight is 332 g/mol. The van der Waals surface area contributed by atoms with Crippen molar-refractivity contribution in [3.05, 3.63) is 70.9 Å². The van der Waals surface area contributed by atoms with Gasteiger partial charge in [0, 0.05) is 23.2 Å². The third-order valence-electron chi connectivity index (χ3n) is 3.70. The highest BCUT2D eigenvalue weighted by molar-refractivity contribution is 6.02. The second-order valence-corrected chi connectivity index (χ2v) is 5.18. The van der Waals surface area contributed by atoms with Gasteiger partial charge in [0.2, 0.25) is 11.8 Å². The normalized spacial score (nSPS) is 11.4. The summed E-state index contributed by atoms with van der Waals surface area (Å²) in [6.07, 6.45) is 4.33. The van der Waals surface area contributed by atoms with E-state index in [-0.39, 0.29) is 11.4 Å². The highest BCUT2D eigenvalue weighted by atomic mass is 16.3. The summed E-state index contributed by atoms with van der Waals surface area (Å²) in [6, 6.07) is 12.1. The van der Waals surface area contributed by atoms with Crippen LogP contribution in [0.5, 0.6) is 5.88 Å². The van der Waals surface area contributed by atoms with Crippen LogP contribution in [0.15, 0.2) is 64.8 Å². The van der Waals surface area contributed by atoms with Crippen LogP contribution in [0.3, 0.4) is 0 Å². The molecular weight excluding hydrogens is 320 g/mol. The predicted molar refractivity (Wildman–Crippen MR) is 92.6 cm³/mol. The smallest absolute Gasteiger partial charge is 0.267 e. The van der Waals surface area contributed by atoms with E-state index < -0.39 is 0 Å². The van der Waals surface area contributed by atoms with Crippen LogP contribution in [0.1, 0.15) is 5.56 Å². The lowest BCUT2D eigenvalue weighted by atomic mass is 10.1. The van der Waals surface area contributed by atoms with Crippen molar-refractivity contribution in [1.29, 1.82) is 0 Å². The molecule has 3 heterocycles. The maximum absolute atomic E-state index is 12.8. The number of H-pyrrole nitrogens is 1. The fraction of sp³-hybridized carbons (Fsp3) is 0. The number of nitrogens with one attached hydrogen (secondary N) is 1. The lowest BCUT2D eigenvalue weighted by molar-refractivity contribution is 0.435. The summed E-state index contributed by atoms with van der Waals surface area (Å²) in [5.74, 6) is 0.370. The second kappa shape index (κ2) is 6.00. The first-order valence-electron chi connectivity index (χ1n) is 7.43. The minimum absolute atomic E-state index is 0.245. The van der Waals surface area contributed by atoms with Gasteiger partial charge in [0.05, 0.1) is 5.56 Å². The third-order valence-corrected chi connectivity index (χ3v) is 3.70. The fourth-order valence-corrected chi connectivity index (χ4v) is 2.57. The van der Waals surface area contributed by atoms with Crippen molar-refractivity contribution in [2.75, 3.05) is 0 Å². The number of hydrogen-bond acceptors (Lipinski definition) is 6. The average Bonchev–Trinajstić information content (AvgIpc) is 3.16. The Kier molecular flexibility index (Phi) is 3.55. The van der Waals surface area contributed by atoms with E-state index in [1.165, 1.54) is 12.5 Å². The molecule has 25 heavy (non-hydrogen) atoms. The summed E-state index contributed by atoms with van der Waals surface area (Å²) in [6.45, 7) is 0. The molecule has 0 radical (unpaired) electrons. The zero-order valence-corrected chi connectivity index (χ0v) is 12.9. The third kappa shape index (κ3) is 2.55. The molecule has 4 aromatic rings. The van der Waals surface area contributed by atoms with E-state index >= 15 is 0 Å². The Hall–Kier alpha value is -3.81. The summed E-state index contributed by atoms with van der Waals surface area (Å²) >= 11 is 0. The SMILES string of the molecule is O=c1c2ccccc2c(/C=N/c2ncn[nH]2)c(O)n1-c1ccccn1. The van der Waals surface area contributed by atoms with Crippen LogP contribution >= 0.6 is 0 Å². The number of fused-ring (bicyclic) bond motifs is 1. The molecule has 0 unspecified atom stereocenters. The molecule has 0 aliphatic heterocycles. The van der Waals surface area contributed by atoms with Gasteiger partial charge >= 0.3 is 0 Å². The molecule has 4 rings (SSSR count). The molecule has 3 aromatic heterocycles. The molecule has 0 fully saturated rings. The van der Waals surface area contributed by atoms with Crippen molar-refractivity contribution in [1.82, 2.24) is 24.7 Å². The Balaban J connectivity index is 2.03. The number of aromatic hydroxyl groups is 1. The maximum atomic E-state index is 12.8. The van der Waals surface area contributed by atoms with Crippen LogP contribution in [0, 0.1) is 0 Å². The molecule has 0 aliphatic carbocycles. The van der Waals surface area contributed by atoms with E-state index in [0.717, 1.165) is 4.57 Å². The van der Waals surface area contributed by atoms with E-state index in [1.807, 2.05) is 0 Å². The summed E-state index contributed by atoms with van der Waals surface area (Å²) < 4.78 is 1.16. The molecule has 8 heteroatoms. The molecule has 122 valence electrons. The molecule has 0 saturated heterocycles. The highest BCUT2D eigenvalue weighted by Crippen LogP contribution is 2.25. The number of rotatable bonds is 3. The Morgan fingerprint density at radius 1 is 1.08 bits per heavy atom. The van der Waals surface area contributed by atoms with Crippen LogP contribution in [-0.2, 0) is 0 Å². The van der Waals surface area contributed by atoms with Gasteiger partial charge in [-0.3, -0.25) is 4.79 Å². The maximum Gasteiger partial charge on any atom is 0.267 e. The monoisotopic (exact) mass is 332 g/mol. The van der Waals surface area contributed by atoms with Gasteiger partial charge in [-0.2, -0.15) is 10.1 Å². The van der Waals surface area contributed by atoms with Crippen molar-refractivity contribution in [3.63, 3.8) is 0 Å². The van der Waals surface area contributed by atoms with E-state index in [1.54, 1.807) is 48.7 Å². The number of aromatic nitrogens is 5. The van der Waals surface area contributed by atoms with Crippen LogP contribution in [0.25, 0.3) is 16.6 Å². The minimum Gasteiger partial charge on any atom is -0.494 e. The first-order valence-corrected chi connectivity index (χ1v) is 7.43. The Bertz CT molecular complexity index is 1120. The van der Waals surface area contributed by atoms with Crippen molar-refractivity contribution in [3.8, 4) is 11.7 Å². The number of nitrogens with zero attached hydrogens (tertiary/aromatic N) is 5. The first kappa shape index (κ1) is 14.8. The molecule has 2 N–H and O–H groups in total. The lowest BCUT2D eigenvalue weighted by Gasteiger charge is -2.12. The minimum atomic E-state index is -0.358. The quantitative estimate of drug-likeness (QED) is 0.557. The van der Waals surface area contributed by atoms with Gasteiger partial charge in [-0.05, 0) is 18.2 Å². The van der Waals surface area contributed by atoms with Gasteiger partial charge in [0.15, 0.2) is 0 Å². The Morgan fingerprint density at radius 2 is 1.88 bits per heavy atom. The molecule has 0 bridgehead atoms. The van der Waals surface area contributed by atoms with Crippen LogP contribution < -0.4 is 5.56 Å². The first-order chi connectivity index (χ1) is 12.3. The fourth-order valence-electron chi connectivity index (χ4n) is 2.57. The van der Waals surface area contributed by atoms with Gasteiger partial charge < -0.3 is 5.11 Å². The van der Waals surface area contributed by atoms with E-state index in [4.69, 9.17) is 0 Å². The number of aromatic amines is 1. The van der Waals surface area contributed by atoms with Gasteiger partial charge in [-0.25, -0.2) is 19.6 Å². The van der Waals surface area contributed by atoms with Crippen LogP contribution in [0.2, 0.25) is 0 Å². The summed E-state index contributed by atoms with van der Waals surface area (Å²) in [5, 5.41) is 18.1. The van der Waals surface area contributed by atoms with Crippen molar-refractivity contribution < 1.29 is 5.11 Å². The van der Waals surface area contributed by atoms with Gasteiger partial charge in [-0.15, -0.1) is 0 Å². The van der Waals surface area contributed by atoms with E-state index in [2.05, 4.69) is 25.2 Å². The standard InChI is InChI=1S/C17H12N6O2/c24-15-12-6-2-1-5-11(12)13(9-19-17-20-10-21-22-17)16(25)23(15)14-7-3-4-8-18-14/h1-10,25H,(H,20,21,22)/b19-9+. The van der Waals surface area contributed by atoms with Gasteiger partial charge in [-0.1, -0.05) is 24.3 Å². The van der Waals surface area contributed by atoms with E-state index in [9.17, 15) is 9.90 Å². The van der Waals surface area contributed by atoms with Crippen molar-refractivity contribution in [2.45, 2.75) is 0 Å². The predicted octanol–water partition coefficient (Wildman–Crippen LogP) is 1.96.